The summed E-state index contributed by atoms with van der Waals surface area (Å²) in [5.41, 5.74) is 0.430. The van der Waals surface area contributed by atoms with Crippen molar-refractivity contribution in [3.63, 3.8) is 0 Å². The first-order valence-electron chi connectivity index (χ1n) is 7.26. The molecule has 0 aromatic heterocycles. The van der Waals surface area contributed by atoms with E-state index in [4.69, 9.17) is 4.74 Å². The van der Waals surface area contributed by atoms with Crippen molar-refractivity contribution in [2.75, 3.05) is 39.4 Å². The smallest absolute Gasteiger partial charge is 0.0520 e. The van der Waals surface area contributed by atoms with Crippen molar-refractivity contribution in [2.24, 2.45) is 5.41 Å². The monoisotopic (exact) mass is 240 g/mol. The van der Waals surface area contributed by atoms with E-state index in [1.165, 1.54) is 51.9 Å². The summed E-state index contributed by atoms with van der Waals surface area (Å²) < 4.78 is 5.63. The van der Waals surface area contributed by atoms with Gasteiger partial charge in [0.1, 0.15) is 0 Å². The quantitative estimate of drug-likeness (QED) is 0.812. The third-order valence-electron chi connectivity index (χ3n) is 4.48. The normalized spacial score (nSPS) is 27.2. The summed E-state index contributed by atoms with van der Waals surface area (Å²) in [4.78, 5) is 2.72. The molecule has 0 atom stereocenters. The lowest BCUT2D eigenvalue weighted by Crippen LogP contribution is -2.49. The Morgan fingerprint density at radius 1 is 1.24 bits per heavy atom. The van der Waals surface area contributed by atoms with Gasteiger partial charge in [-0.25, -0.2) is 0 Å². The van der Waals surface area contributed by atoms with Crippen molar-refractivity contribution in [1.29, 1.82) is 0 Å². The number of ether oxygens (including phenoxy) is 1. The standard InChI is InChI=1S/C14H28N2O/c1-3-17-12-14(2)6-10-16(11-7-14)13-4-8-15-9-5-13/h13,15H,3-12H2,1-2H3. The highest BCUT2D eigenvalue weighted by molar-refractivity contribution is 4.87. The zero-order chi connectivity index (χ0) is 12.1. The van der Waals surface area contributed by atoms with E-state index in [2.05, 4.69) is 24.1 Å². The van der Waals surface area contributed by atoms with Gasteiger partial charge in [0.25, 0.3) is 0 Å². The van der Waals surface area contributed by atoms with Crippen LogP contribution in [0.25, 0.3) is 0 Å². The lowest BCUT2D eigenvalue weighted by atomic mass is 9.80. The molecule has 0 spiro atoms. The fourth-order valence-electron chi connectivity index (χ4n) is 3.09. The van der Waals surface area contributed by atoms with Crippen LogP contribution in [0, 0.1) is 5.41 Å². The predicted octanol–water partition coefficient (Wildman–Crippen LogP) is 1.88. The van der Waals surface area contributed by atoms with Gasteiger partial charge < -0.3 is 15.0 Å². The van der Waals surface area contributed by atoms with Gasteiger partial charge in [-0.1, -0.05) is 6.92 Å². The van der Waals surface area contributed by atoms with E-state index in [-0.39, 0.29) is 0 Å². The van der Waals surface area contributed by atoms with Crippen molar-refractivity contribution in [2.45, 2.75) is 45.6 Å². The van der Waals surface area contributed by atoms with E-state index in [9.17, 15) is 0 Å². The molecule has 2 aliphatic rings. The maximum atomic E-state index is 5.63. The summed E-state index contributed by atoms with van der Waals surface area (Å²) in [5, 5.41) is 3.45. The van der Waals surface area contributed by atoms with Gasteiger partial charge in [-0.05, 0) is 64.2 Å². The second kappa shape index (κ2) is 6.17. The minimum Gasteiger partial charge on any atom is -0.381 e. The van der Waals surface area contributed by atoms with E-state index in [0.717, 1.165) is 19.3 Å². The van der Waals surface area contributed by atoms with Crippen LogP contribution in [0.2, 0.25) is 0 Å². The molecule has 2 aliphatic heterocycles. The number of likely N-dealkylation sites (tertiary alicyclic amines) is 1. The Morgan fingerprint density at radius 3 is 2.47 bits per heavy atom. The highest BCUT2D eigenvalue weighted by Crippen LogP contribution is 2.32. The largest absolute Gasteiger partial charge is 0.381 e. The van der Waals surface area contributed by atoms with Gasteiger partial charge in [-0.15, -0.1) is 0 Å². The van der Waals surface area contributed by atoms with E-state index >= 15 is 0 Å². The summed E-state index contributed by atoms with van der Waals surface area (Å²) in [6.07, 6.45) is 5.28. The maximum Gasteiger partial charge on any atom is 0.0520 e. The van der Waals surface area contributed by atoms with Crippen molar-refractivity contribution < 1.29 is 4.74 Å². The third-order valence-corrected chi connectivity index (χ3v) is 4.48. The van der Waals surface area contributed by atoms with Gasteiger partial charge in [0.05, 0.1) is 6.61 Å². The van der Waals surface area contributed by atoms with Crippen LogP contribution >= 0.6 is 0 Å². The van der Waals surface area contributed by atoms with Crippen LogP contribution in [-0.4, -0.2) is 50.3 Å². The van der Waals surface area contributed by atoms with Gasteiger partial charge >= 0.3 is 0 Å². The highest BCUT2D eigenvalue weighted by atomic mass is 16.5. The molecule has 3 heteroatoms. The lowest BCUT2D eigenvalue weighted by Gasteiger charge is -2.43. The van der Waals surface area contributed by atoms with Gasteiger partial charge in [0, 0.05) is 12.6 Å². The molecule has 17 heavy (non-hydrogen) atoms. The number of nitrogens with zero attached hydrogens (tertiary/aromatic N) is 1. The molecule has 2 saturated heterocycles. The molecule has 0 unspecified atom stereocenters. The van der Waals surface area contributed by atoms with E-state index in [1.807, 2.05) is 0 Å². The highest BCUT2D eigenvalue weighted by Gasteiger charge is 2.33. The van der Waals surface area contributed by atoms with E-state index in [1.54, 1.807) is 0 Å². The molecule has 3 nitrogen and oxygen atoms in total. The number of hydrogen-bond acceptors (Lipinski definition) is 3. The fraction of sp³-hybridized carbons (Fsp3) is 1.00. The average Bonchev–Trinajstić information content (AvgIpc) is 2.38. The van der Waals surface area contributed by atoms with E-state index < -0.39 is 0 Å². The summed E-state index contributed by atoms with van der Waals surface area (Å²) >= 11 is 0. The molecule has 2 fully saturated rings. The average molecular weight is 240 g/mol. The summed E-state index contributed by atoms with van der Waals surface area (Å²) in [7, 11) is 0. The van der Waals surface area contributed by atoms with Crippen LogP contribution < -0.4 is 5.32 Å². The second-order valence-electron chi connectivity index (χ2n) is 5.96. The minimum absolute atomic E-state index is 0.430. The van der Waals surface area contributed by atoms with Crippen molar-refractivity contribution in [3.8, 4) is 0 Å². The molecule has 2 rings (SSSR count). The van der Waals surface area contributed by atoms with Crippen LogP contribution in [-0.2, 0) is 4.74 Å². The summed E-state index contributed by atoms with van der Waals surface area (Å²) in [5.74, 6) is 0. The van der Waals surface area contributed by atoms with Gasteiger partial charge in [0.15, 0.2) is 0 Å². The van der Waals surface area contributed by atoms with Crippen molar-refractivity contribution in [1.82, 2.24) is 10.2 Å². The van der Waals surface area contributed by atoms with Crippen molar-refractivity contribution >= 4 is 0 Å². The Bertz CT molecular complexity index is 218. The number of nitrogens with one attached hydrogen (secondary N) is 1. The number of piperidine rings is 2. The Kier molecular flexibility index (Phi) is 4.83. The van der Waals surface area contributed by atoms with Gasteiger partial charge in [-0.2, -0.15) is 0 Å². The molecule has 100 valence electrons. The van der Waals surface area contributed by atoms with Crippen LogP contribution in [0.5, 0.6) is 0 Å². The Hall–Kier alpha value is -0.120. The molecular weight excluding hydrogens is 212 g/mol. The molecule has 1 N–H and O–H groups in total. The number of hydrogen-bond donors (Lipinski definition) is 1. The molecule has 0 aromatic rings. The topological polar surface area (TPSA) is 24.5 Å². The van der Waals surface area contributed by atoms with Crippen molar-refractivity contribution in [3.05, 3.63) is 0 Å². The zero-order valence-corrected chi connectivity index (χ0v) is 11.5. The first-order chi connectivity index (χ1) is 8.23. The molecule has 2 heterocycles. The molecule has 0 amide bonds. The second-order valence-corrected chi connectivity index (χ2v) is 5.96. The first-order valence-corrected chi connectivity index (χ1v) is 7.26. The molecule has 0 aliphatic carbocycles. The Balaban J connectivity index is 1.76. The SMILES string of the molecule is CCOCC1(C)CCN(C2CCNCC2)CC1. The molecule has 0 radical (unpaired) electrons. The lowest BCUT2D eigenvalue weighted by molar-refractivity contribution is 0.00210. The summed E-state index contributed by atoms with van der Waals surface area (Å²) in [6, 6.07) is 0.841. The van der Waals surface area contributed by atoms with E-state index in [0.29, 0.717) is 5.41 Å². The predicted molar refractivity (Wildman–Crippen MR) is 71.3 cm³/mol. The molecular formula is C14H28N2O. The minimum atomic E-state index is 0.430. The molecule has 0 aromatic carbocycles. The summed E-state index contributed by atoms with van der Waals surface area (Å²) in [6.45, 7) is 11.2. The fourth-order valence-corrected chi connectivity index (χ4v) is 3.09. The van der Waals surface area contributed by atoms with Crippen LogP contribution in [0.15, 0.2) is 0 Å². The van der Waals surface area contributed by atoms with Gasteiger partial charge in [-0.3, -0.25) is 0 Å². The number of rotatable bonds is 4. The molecule has 0 bridgehead atoms. The van der Waals surface area contributed by atoms with Crippen LogP contribution in [0.1, 0.15) is 39.5 Å². The van der Waals surface area contributed by atoms with Crippen LogP contribution in [0.4, 0.5) is 0 Å². The molecule has 0 saturated carbocycles. The van der Waals surface area contributed by atoms with Crippen LogP contribution in [0.3, 0.4) is 0 Å². The maximum absolute atomic E-state index is 5.63. The Labute approximate surface area is 106 Å². The first kappa shape index (κ1) is 13.3. The third kappa shape index (κ3) is 3.67. The Morgan fingerprint density at radius 2 is 1.88 bits per heavy atom. The van der Waals surface area contributed by atoms with Gasteiger partial charge in [0.2, 0.25) is 0 Å². The zero-order valence-electron chi connectivity index (χ0n) is 11.5.